The Kier molecular flexibility index (Phi) is 14.7. The zero-order valence-electron chi connectivity index (χ0n) is 17.9. The molecule has 5 heteroatoms. The van der Waals surface area contributed by atoms with Crippen LogP contribution in [0.3, 0.4) is 0 Å². The number of carbonyl (C=O) groups is 2. The number of rotatable bonds is 16. The minimum atomic E-state index is -1.12. The van der Waals surface area contributed by atoms with E-state index < -0.39 is 25.9 Å². The zero-order chi connectivity index (χ0) is 19.8. The summed E-state index contributed by atoms with van der Waals surface area (Å²) < 4.78 is 9.72. The summed E-state index contributed by atoms with van der Waals surface area (Å²) in [6.45, 7) is 9.13. The Bertz CT molecular complexity index is 382. The van der Waals surface area contributed by atoms with Crippen LogP contribution in [0.5, 0.6) is 0 Å². The third-order valence-electron chi connectivity index (χ3n) is 5.11. The lowest BCUT2D eigenvalue weighted by Crippen LogP contribution is -2.26. The van der Waals surface area contributed by atoms with E-state index in [2.05, 4.69) is 24.8 Å². The molecule has 4 nitrogen and oxygen atoms in total. The molecule has 0 aromatic rings. The summed E-state index contributed by atoms with van der Waals surface area (Å²) >= 11 is 0. The lowest BCUT2D eigenvalue weighted by atomic mass is 10.1. The second-order valence-corrected chi connectivity index (χ2v) is 13.6. The number of ether oxygens (including phenoxy) is 2. The van der Waals surface area contributed by atoms with Crippen molar-refractivity contribution in [1.82, 2.24) is 0 Å². The van der Waals surface area contributed by atoms with Gasteiger partial charge >= 0.3 is 11.9 Å². The fourth-order valence-corrected chi connectivity index (χ4v) is 5.80. The van der Waals surface area contributed by atoms with Crippen LogP contribution in [0.1, 0.15) is 78.1 Å². The van der Waals surface area contributed by atoms with Crippen LogP contribution >= 0.6 is 0 Å². The van der Waals surface area contributed by atoms with Crippen molar-refractivity contribution >= 4 is 20.0 Å². The van der Waals surface area contributed by atoms with E-state index in [9.17, 15) is 9.59 Å². The summed E-state index contributed by atoms with van der Waals surface area (Å²) in [6, 6.07) is 2.69. The molecule has 0 radical (unpaired) electrons. The molecule has 0 aromatic heterocycles. The standard InChI is InChI=1S/C21H42O4Si/c1-6-7-8-9-10-11-12-14-17-26(4,5)18-15-13-16-25-21(23)19(2)20(22)24-3/h19H,6-18H2,1-5H3. The minimum Gasteiger partial charge on any atom is -0.468 e. The van der Waals surface area contributed by atoms with Crippen LogP contribution in [-0.2, 0) is 19.1 Å². The van der Waals surface area contributed by atoms with Gasteiger partial charge in [-0.2, -0.15) is 0 Å². The summed E-state index contributed by atoms with van der Waals surface area (Å²) in [5.41, 5.74) is 0. The molecule has 0 amide bonds. The molecule has 154 valence electrons. The van der Waals surface area contributed by atoms with E-state index in [1.165, 1.54) is 77.5 Å². The van der Waals surface area contributed by atoms with Crippen molar-refractivity contribution in [1.29, 1.82) is 0 Å². The fraction of sp³-hybridized carbons (Fsp3) is 0.905. The Morgan fingerprint density at radius 2 is 1.31 bits per heavy atom. The number of methoxy groups -OCH3 is 1. The quantitative estimate of drug-likeness (QED) is 0.142. The molecule has 0 fully saturated rings. The summed E-state index contributed by atoms with van der Waals surface area (Å²) in [6.07, 6.45) is 13.1. The lowest BCUT2D eigenvalue weighted by Gasteiger charge is -2.22. The third kappa shape index (κ3) is 13.4. The van der Waals surface area contributed by atoms with Gasteiger partial charge < -0.3 is 9.47 Å². The minimum absolute atomic E-state index is 0.405. The van der Waals surface area contributed by atoms with Crippen LogP contribution in [0, 0.1) is 5.92 Å². The Balaban J connectivity index is 3.65. The Morgan fingerprint density at radius 1 is 0.808 bits per heavy atom. The van der Waals surface area contributed by atoms with Crippen molar-refractivity contribution in [2.24, 2.45) is 5.92 Å². The molecule has 0 aliphatic carbocycles. The highest BCUT2D eigenvalue weighted by molar-refractivity contribution is 6.77. The van der Waals surface area contributed by atoms with Crippen LogP contribution in [0.15, 0.2) is 0 Å². The van der Waals surface area contributed by atoms with Crippen molar-refractivity contribution in [3.05, 3.63) is 0 Å². The molecule has 0 saturated heterocycles. The van der Waals surface area contributed by atoms with E-state index in [0.29, 0.717) is 6.61 Å². The van der Waals surface area contributed by atoms with Gasteiger partial charge in [-0.15, -0.1) is 0 Å². The second kappa shape index (κ2) is 15.2. The zero-order valence-corrected chi connectivity index (χ0v) is 18.9. The molecule has 1 unspecified atom stereocenters. The average Bonchev–Trinajstić information content (AvgIpc) is 2.61. The van der Waals surface area contributed by atoms with Crippen molar-refractivity contribution in [3.63, 3.8) is 0 Å². The first-order valence-corrected chi connectivity index (χ1v) is 14.0. The summed E-state index contributed by atoms with van der Waals surface area (Å²) in [5.74, 6) is -1.84. The highest BCUT2D eigenvalue weighted by atomic mass is 28.3. The van der Waals surface area contributed by atoms with Gasteiger partial charge in [-0.1, -0.05) is 89.9 Å². The van der Waals surface area contributed by atoms with Crippen LogP contribution in [0.25, 0.3) is 0 Å². The van der Waals surface area contributed by atoms with Crippen molar-refractivity contribution in [2.75, 3.05) is 13.7 Å². The topological polar surface area (TPSA) is 52.6 Å². The summed E-state index contributed by atoms with van der Waals surface area (Å²) in [7, 11) is 0.161. The van der Waals surface area contributed by atoms with Gasteiger partial charge in [0.25, 0.3) is 0 Å². The van der Waals surface area contributed by atoms with Gasteiger partial charge in [0.15, 0.2) is 5.92 Å². The highest BCUT2D eigenvalue weighted by Crippen LogP contribution is 2.22. The number of carbonyl (C=O) groups excluding carboxylic acids is 2. The predicted molar refractivity (Wildman–Crippen MR) is 111 cm³/mol. The Morgan fingerprint density at radius 3 is 1.85 bits per heavy atom. The largest absolute Gasteiger partial charge is 0.468 e. The van der Waals surface area contributed by atoms with Gasteiger partial charge in [0.1, 0.15) is 0 Å². The first-order chi connectivity index (χ1) is 12.3. The second-order valence-electron chi connectivity index (χ2n) is 8.26. The van der Waals surface area contributed by atoms with Gasteiger partial charge in [-0.25, -0.2) is 0 Å². The summed E-state index contributed by atoms with van der Waals surface area (Å²) in [5, 5.41) is 0. The van der Waals surface area contributed by atoms with Crippen molar-refractivity contribution in [2.45, 2.75) is 103 Å². The first kappa shape index (κ1) is 25.2. The van der Waals surface area contributed by atoms with E-state index in [1.807, 2.05) is 0 Å². The Hall–Kier alpha value is -0.843. The molecule has 0 rings (SSSR count). The number of esters is 2. The van der Waals surface area contributed by atoms with Crippen LogP contribution in [0.4, 0.5) is 0 Å². The van der Waals surface area contributed by atoms with E-state index >= 15 is 0 Å². The normalized spacial score (nSPS) is 12.7. The summed E-state index contributed by atoms with van der Waals surface area (Å²) in [4.78, 5) is 22.9. The van der Waals surface area contributed by atoms with Crippen molar-refractivity contribution < 1.29 is 19.1 Å². The van der Waals surface area contributed by atoms with Crippen LogP contribution < -0.4 is 0 Å². The molecular formula is C21H42O4Si. The molecular weight excluding hydrogens is 344 g/mol. The SMILES string of the molecule is CCCCCCCCCC[Si](C)(C)CCCCOC(=O)C(C)C(=O)OC. The van der Waals surface area contributed by atoms with Gasteiger partial charge in [0.05, 0.1) is 13.7 Å². The first-order valence-electron chi connectivity index (χ1n) is 10.6. The monoisotopic (exact) mass is 386 g/mol. The maximum absolute atomic E-state index is 11.7. The molecule has 0 aromatic carbocycles. The molecule has 0 saturated carbocycles. The predicted octanol–water partition coefficient (Wildman–Crippen LogP) is 5.97. The van der Waals surface area contributed by atoms with Crippen LogP contribution in [0.2, 0.25) is 25.2 Å². The molecule has 0 aliphatic rings. The maximum Gasteiger partial charge on any atom is 0.320 e. The number of hydrogen-bond acceptors (Lipinski definition) is 4. The maximum atomic E-state index is 11.7. The molecule has 0 heterocycles. The van der Waals surface area contributed by atoms with Crippen LogP contribution in [-0.4, -0.2) is 33.7 Å². The van der Waals surface area contributed by atoms with E-state index in [-0.39, 0.29) is 0 Å². The molecule has 0 aliphatic heterocycles. The van der Waals surface area contributed by atoms with E-state index in [1.54, 1.807) is 0 Å². The molecule has 0 bridgehead atoms. The van der Waals surface area contributed by atoms with E-state index in [0.717, 1.165) is 12.8 Å². The van der Waals surface area contributed by atoms with Gasteiger partial charge in [0.2, 0.25) is 0 Å². The average molecular weight is 387 g/mol. The van der Waals surface area contributed by atoms with Gasteiger partial charge in [-0.3, -0.25) is 9.59 Å². The molecule has 26 heavy (non-hydrogen) atoms. The third-order valence-corrected chi connectivity index (χ3v) is 8.52. The number of hydrogen-bond donors (Lipinski definition) is 0. The Labute approximate surface area is 162 Å². The highest BCUT2D eigenvalue weighted by Gasteiger charge is 2.23. The van der Waals surface area contributed by atoms with Crippen molar-refractivity contribution in [3.8, 4) is 0 Å². The lowest BCUT2D eigenvalue weighted by molar-refractivity contribution is -0.159. The molecule has 1 atom stereocenters. The fourth-order valence-electron chi connectivity index (χ4n) is 3.14. The molecule has 0 spiro atoms. The smallest absolute Gasteiger partial charge is 0.320 e. The van der Waals surface area contributed by atoms with Gasteiger partial charge in [-0.05, 0) is 13.3 Å². The van der Waals surface area contributed by atoms with E-state index in [4.69, 9.17) is 4.74 Å². The van der Waals surface area contributed by atoms with Gasteiger partial charge in [0, 0.05) is 8.07 Å². The molecule has 0 N–H and O–H groups in total. The number of unbranched alkanes of at least 4 members (excludes halogenated alkanes) is 8.